The summed E-state index contributed by atoms with van der Waals surface area (Å²) < 4.78 is 73.3. The molecular weight excluding hydrogens is 1500 g/mol. The van der Waals surface area contributed by atoms with Crippen LogP contribution in [0.25, 0.3) is 0 Å². The third-order valence-corrected chi connectivity index (χ3v) is 23.4. The van der Waals surface area contributed by atoms with E-state index in [1.165, 1.54) is 154 Å². The molecule has 2 heterocycles. The molecule has 3 aliphatic rings. The summed E-state index contributed by atoms with van der Waals surface area (Å²) in [5.74, 6) is -2.99. The van der Waals surface area contributed by atoms with Gasteiger partial charge in [0.1, 0.15) is 92.6 Å². The number of carbonyl (C=O) groups is 4. The second-order valence-electron chi connectivity index (χ2n) is 32.8. The number of rotatable bonds is 74. The van der Waals surface area contributed by atoms with Crippen molar-refractivity contribution in [3.05, 3.63) is 24.3 Å². The minimum absolute atomic E-state index is 0.0168. The summed E-state index contributed by atoms with van der Waals surface area (Å²) in [5.41, 5.74) is 0. The van der Waals surface area contributed by atoms with Gasteiger partial charge in [0.2, 0.25) is 0 Å². The van der Waals surface area contributed by atoms with Gasteiger partial charge in [0.05, 0.1) is 13.2 Å². The highest BCUT2D eigenvalue weighted by Crippen LogP contribution is 2.49. The summed E-state index contributed by atoms with van der Waals surface area (Å²) in [4.78, 5) is 66.3. The van der Waals surface area contributed by atoms with Crippen LogP contribution in [0.2, 0.25) is 0 Å². The van der Waals surface area contributed by atoms with Gasteiger partial charge < -0.3 is 88.7 Å². The first-order chi connectivity index (χ1) is 55.7. The molecule has 2 aliphatic heterocycles. The summed E-state index contributed by atoms with van der Waals surface area (Å²) in [6.07, 6.45) is 27.5. The molecule has 0 amide bonds. The van der Waals surface area contributed by atoms with Gasteiger partial charge in [-0.05, 0) is 77.0 Å². The molecule has 0 radical (unpaired) electrons. The molecule has 26 heteroatoms. The normalized spacial score (nSPS) is 25.3. The van der Waals surface area contributed by atoms with E-state index in [2.05, 4.69) is 52.0 Å². The minimum Gasteiger partial charge on any atom is -0.463 e. The molecule has 3 rings (SSSR count). The van der Waals surface area contributed by atoms with Crippen LogP contribution in [0.1, 0.15) is 387 Å². The van der Waals surface area contributed by atoms with Gasteiger partial charge in [-0.1, -0.05) is 309 Å². The van der Waals surface area contributed by atoms with Crippen LogP contribution in [0.4, 0.5) is 0 Å². The average Bonchev–Trinajstić information content (AvgIpc) is 0.755. The maximum Gasteiger partial charge on any atom is 0.472 e. The lowest BCUT2D eigenvalue weighted by atomic mass is 9.84. The van der Waals surface area contributed by atoms with Gasteiger partial charge in [-0.25, -0.2) is 4.57 Å². The van der Waals surface area contributed by atoms with Gasteiger partial charge in [-0.2, -0.15) is 0 Å². The van der Waals surface area contributed by atoms with Gasteiger partial charge >= 0.3 is 31.7 Å². The van der Waals surface area contributed by atoms with E-state index in [0.717, 1.165) is 141 Å². The van der Waals surface area contributed by atoms with Gasteiger partial charge in [-0.3, -0.25) is 28.2 Å². The molecule has 3 fully saturated rings. The van der Waals surface area contributed by atoms with Crippen LogP contribution in [0, 0.1) is 0 Å². The number of hydrogen-bond donors (Lipinski definition) is 10. The Morgan fingerprint density at radius 2 is 0.652 bits per heavy atom. The lowest BCUT2D eigenvalue weighted by Gasteiger charge is -2.50. The van der Waals surface area contributed by atoms with E-state index < -0.39 is 162 Å². The van der Waals surface area contributed by atoms with Crippen LogP contribution in [-0.2, 0) is 70.7 Å². The smallest absolute Gasteiger partial charge is 0.463 e. The minimum atomic E-state index is -5.81. The number of aliphatic hydroxyl groups excluding tert-OH is 9. The van der Waals surface area contributed by atoms with E-state index in [1.54, 1.807) is 0 Å². The SMILES string of the molecule is CCCCCC/C=C\CCCCCCCCCC(=O)OCC(COP(=O)(O)OC1C(OC2OC(CO)C(O)C(O)C2O)C(O)C(O)C(OC(=O)CCCCCCCCCCCCCCCCC)C1OC1OC(COC(=O)CCCCCCCCCCCCCCC)C(O)C(O)C1O)OC(=O)CCCCC/C=C\CCCCCCCC. The number of esters is 4. The van der Waals surface area contributed by atoms with Crippen LogP contribution in [0.3, 0.4) is 0 Å². The molecular formula is C89H163O25P. The van der Waals surface area contributed by atoms with E-state index in [9.17, 15) is 74.6 Å². The molecule has 115 heavy (non-hydrogen) atoms. The van der Waals surface area contributed by atoms with Crippen molar-refractivity contribution < 1.29 is 122 Å². The Balaban J connectivity index is 1.93. The van der Waals surface area contributed by atoms with Crippen molar-refractivity contribution in [3.8, 4) is 0 Å². The topological polar surface area (TPSA) is 380 Å². The highest BCUT2D eigenvalue weighted by Gasteiger charge is 2.60. The summed E-state index contributed by atoms with van der Waals surface area (Å²) >= 11 is 0. The number of phosphoric ester groups is 1. The van der Waals surface area contributed by atoms with Gasteiger partial charge in [0, 0.05) is 25.7 Å². The van der Waals surface area contributed by atoms with Gasteiger partial charge in [0.25, 0.3) is 0 Å². The zero-order valence-electron chi connectivity index (χ0n) is 71.6. The molecule has 0 spiro atoms. The maximum absolute atomic E-state index is 14.9. The molecule has 25 nitrogen and oxygen atoms in total. The van der Waals surface area contributed by atoms with E-state index >= 15 is 0 Å². The fourth-order valence-electron chi connectivity index (χ4n) is 15.1. The summed E-state index contributed by atoms with van der Waals surface area (Å²) in [7, 11) is -5.81. The third-order valence-electron chi connectivity index (χ3n) is 22.4. The van der Waals surface area contributed by atoms with Crippen molar-refractivity contribution in [2.75, 3.05) is 26.4 Å². The fraction of sp³-hybridized carbons (Fsp3) is 0.910. The molecule has 1 aliphatic carbocycles. The molecule has 0 aromatic carbocycles. The second kappa shape index (κ2) is 68.5. The predicted molar refractivity (Wildman–Crippen MR) is 444 cm³/mol. The Hall–Kier alpha value is -3.05. The first-order valence-corrected chi connectivity index (χ1v) is 47.6. The number of allylic oxidation sites excluding steroid dienone is 4. The second-order valence-corrected chi connectivity index (χ2v) is 34.2. The van der Waals surface area contributed by atoms with Crippen molar-refractivity contribution in [2.24, 2.45) is 0 Å². The molecule has 2 saturated heterocycles. The lowest BCUT2D eigenvalue weighted by Crippen LogP contribution is -2.70. The van der Waals surface area contributed by atoms with Gasteiger partial charge in [-0.15, -0.1) is 0 Å². The number of phosphoric acid groups is 1. The van der Waals surface area contributed by atoms with Gasteiger partial charge in [0.15, 0.2) is 24.8 Å². The molecule has 0 bridgehead atoms. The molecule has 674 valence electrons. The van der Waals surface area contributed by atoms with Crippen LogP contribution >= 0.6 is 7.82 Å². The van der Waals surface area contributed by atoms with E-state index in [0.29, 0.717) is 38.5 Å². The standard InChI is InChI=1S/C89H163O25P/c1-5-9-13-17-21-25-29-33-35-39-42-45-49-53-57-61-72(91)105-66-69(108-74(93)63-59-55-51-47-43-38-32-28-24-20-16-12-8-4)67-107-115(103,104)114-87-85(112-88-82(101)78(97)76(95)70(65-90)109-88)81(100)80(99)84(111-75(94)64-60-56-52-48-44-40-36-34-30-26-22-18-14-10-6-2)86(87)113-89-83(102)79(98)77(96)71(110-89)68-106-73(92)62-58-54-50-46-41-37-31-27-23-19-15-11-7-3/h25,29,38,43,69-71,76-90,95-102H,5-24,26-28,30-37,39-42,44-68H2,1-4H3,(H,103,104)/b29-25-,43-38-. The van der Waals surface area contributed by atoms with E-state index in [4.69, 9.17) is 46.9 Å². The average molecular weight is 1660 g/mol. The zero-order chi connectivity index (χ0) is 84.0. The Morgan fingerprint density at radius 3 is 1.05 bits per heavy atom. The Labute approximate surface area is 692 Å². The Kier molecular flexibility index (Phi) is 63.2. The van der Waals surface area contributed by atoms with Crippen LogP contribution in [0.15, 0.2) is 24.3 Å². The zero-order valence-corrected chi connectivity index (χ0v) is 72.5. The highest BCUT2D eigenvalue weighted by molar-refractivity contribution is 7.47. The lowest BCUT2D eigenvalue weighted by molar-refractivity contribution is -0.360. The molecule has 0 aromatic rings. The summed E-state index contributed by atoms with van der Waals surface area (Å²) in [5, 5.41) is 102. The third kappa shape index (κ3) is 49.0. The first-order valence-electron chi connectivity index (χ1n) is 46.1. The monoisotopic (exact) mass is 1660 g/mol. The highest BCUT2D eigenvalue weighted by atomic mass is 31.2. The molecule has 10 N–H and O–H groups in total. The number of ether oxygens (including phenoxy) is 8. The van der Waals surface area contributed by atoms with Crippen LogP contribution in [0.5, 0.6) is 0 Å². The van der Waals surface area contributed by atoms with Crippen LogP contribution in [-0.4, -0.2) is 205 Å². The Bertz CT molecular complexity index is 2490. The number of aliphatic hydroxyl groups is 9. The van der Waals surface area contributed by atoms with Crippen molar-refractivity contribution in [1.29, 1.82) is 0 Å². The van der Waals surface area contributed by atoms with Crippen molar-refractivity contribution in [1.82, 2.24) is 0 Å². The van der Waals surface area contributed by atoms with Crippen molar-refractivity contribution >= 4 is 31.7 Å². The summed E-state index contributed by atoms with van der Waals surface area (Å²) in [6.45, 7) is 5.55. The quantitative estimate of drug-likeness (QED) is 0.00889. The number of carbonyl (C=O) groups excluding carboxylic acids is 4. The fourth-order valence-corrected chi connectivity index (χ4v) is 16.0. The summed E-state index contributed by atoms with van der Waals surface area (Å²) in [6, 6.07) is 0. The van der Waals surface area contributed by atoms with E-state index in [1.807, 2.05) is 0 Å². The molecule has 18 atom stereocenters. The number of unbranched alkanes of at least 4 members (excludes halogenated alkanes) is 46. The molecule has 1 saturated carbocycles. The largest absolute Gasteiger partial charge is 0.472 e. The van der Waals surface area contributed by atoms with Crippen molar-refractivity contribution in [2.45, 2.75) is 491 Å². The van der Waals surface area contributed by atoms with E-state index in [-0.39, 0.29) is 25.7 Å². The Morgan fingerprint density at radius 1 is 0.339 bits per heavy atom. The first kappa shape index (κ1) is 106. The molecule has 0 aromatic heterocycles. The number of hydrogen-bond acceptors (Lipinski definition) is 24. The predicted octanol–water partition coefficient (Wildman–Crippen LogP) is 16.5. The van der Waals surface area contributed by atoms with Crippen molar-refractivity contribution in [3.63, 3.8) is 0 Å². The maximum atomic E-state index is 14.9. The molecule has 18 unspecified atom stereocenters. The van der Waals surface area contributed by atoms with Crippen LogP contribution < -0.4 is 0 Å².